The fourth-order valence-electron chi connectivity index (χ4n) is 2.34. The first kappa shape index (κ1) is 13.7. The van der Waals surface area contributed by atoms with Gasteiger partial charge in [-0.1, -0.05) is 38.0 Å². The smallest absolute Gasteiger partial charge is 0.188 e. The summed E-state index contributed by atoms with van der Waals surface area (Å²) in [5.41, 5.74) is 8.46. The van der Waals surface area contributed by atoms with E-state index in [0.717, 1.165) is 25.9 Å². The minimum Gasteiger partial charge on any atom is -0.380 e. The van der Waals surface area contributed by atoms with Crippen molar-refractivity contribution in [2.75, 3.05) is 18.4 Å². The fourth-order valence-corrected chi connectivity index (χ4v) is 2.34. The van der Waals surface area contributed by atoms with Crippen LogP contribution < -0.4 is 16.4 Å². The zero-order chi connectivity index (χ0) is 13.5. The molecule has 4 N–H and O–H groups in total. The molecule has 0 bridgehead atoms. The summed E-state index contributed by atoms with van der Waals surface area (Å²) in [6.45, 7) is 3.84. The Morgan fingerprint density at radius 2 is 2.26 bits per heavy atom. The Morgan fingerprint density at radius 3 is 3.05 bits per heavy atom. The van der Waals surface area contributed by atoms with Crippen LogP contribution in [0.5, 0.6) is 0 Å². The summed E-state index contributed by atoms with van der Waals surface area (Å²) in [7, 11) is 0. The molecule has 19 heavy (non-hydrogen) atoms. The van der Waals surface area contributed by atoms with E-state index in [1.165, 1.54) is 24.1 Å². The molecule has 2 rings (SSSR count). The van der Waals surface area contributed by atoms with Crippen molar-refractivity contribution in [2.24, 2.45) is 10.7 Å². The average Bonchev–Trinajstić information content (AvgIpc) is 2.84. The largest absolute Gasteiger partial charge is 0.380 e. The van der Waals surface area contributed by atoms with E-state index in [2.05, 4.69) is 46.8 Å². The van der Waals surface area contributed by atoms with Crippen LogP contribution in [0.4, 0.5) is 5.69 Å². The lowest BCUT2D eigenvalue weighted by Crippen LogP contribution is -2.34. The van der Waals surface area contributed by atoms with E-state index in [9.17, 15) is 0 Å². The number of fused-ring (bicyclic) bond motifs is 1. The summed E-state index contributed by atoms with van der Waals surface area (Å²) in [6.07, 6.45) is 4.64. The number of aliphatic imine (C=N–C) groups is 1. The zero-order valence-electron chi connectivity index (χ0n) is 11.7. The maximum absolute atomic E-state index is 5.85. The highest BCUT2D eigenvalue weighted by atomic mass is 15.1. The summed E-state index contributed by atoms with van der Waals surface area (Å²) >= 11 is 0. The average molecular weight is 260 g/mol. The number of rotatable bonds is 6. The Morgan fingerprint density at radius 1 is 1.42 bits per heavy atom. The van der Waals surface area contributed by atoms with Crippen LogP contribution in [0.3, 0.4) is 0 Å². The van der Waals surface area contributed by atoms with Gasteiger partial charge >= 0.3 is 0 Å². The molecule has 0 fully saturated rings. The van der Waals surface area contributed by atoms with E-state index >= 15 is 0 Å². The van der Waals surface area contributed by atoms with Crippen molar-refractivity contribution in [1.82, 2.24) is 5.32 Å². The van der Waals surface area contributed by atoms with Crippen molar-refractivity contribution in [1.29, 1.82) is 0 Å². The molecule has 0 saturated carbocycles. The molecule has 1 unspecified atom stereocenters. The van der Waals surface area contributed by atoms with Gasteiger partial charge in [0.25, 0.3) is 0 Å². The van der Waals surface area contributed by atoms with Crippen molar-refractivity contribution in [3.63, 3.8) is 0 Å². The van der Waals surface area contributed by atoms with Crippen LogP contribution in [0, 0.1) is 0 Å². The maximum Gasteiger partial charge on any atom is 0.188 e. The zero-order valence-corrected chi connectivity index (χ0v) is 11.7. The van der Waals surface area contributed by atoms with Crippen LogP contribution in [0.2, 0.25) is 0 Å². The quantitative estimate of drug-likeness (QED) is 0.417. The van der Waals surface area contributed by atoms with Crippen molar-refractivity contribution >= 4 is 11.6 Å². The molecule has 0 radical (unpaired) electrons. The Bertz CT molecular complexity index is 403. The second-order valence-corrected chi connectivity index (χ2v) is 5.06. The monoisotopic (exact) mass is 260 g/mol. The molecule has 4 nitrogen and oxygen atoms in total. The van der Waals surface area contributed by atoms with Crippen LogP contribution >= 0.6 is 0 Å². The van der Waals surface area contributed by atoms with Gasteiger partial charge in [0, 0.05) is 18.3 Å². The number of guanidine groups is 1. The van der Waals surface area contributed by atoms with E-state index in [0.29, 0.717) is 12.0 Å². The molecule has 1 heterocycles. The van der Waals surface area contributed by atoms with Crippen LogP contribution in [0.15, 0.2) is 29.3 Å². The van der Waals surface area contributed by atoms with E-state index in [-0.39, 0.29) is 0 Å². The van der Waals surface area contributed by atoms with Crippen LogP contribution in [0.25, 0.3) is 0 Å². The molecule has 0 aromatic heterocycles. The summed E-state index contributed by atoms with van der Waals surface area (Å²) in [5.74, 6) is 0.564. The number of anilines is 1. The molecule has 104 valence electrons. The molecule has 0 aliphatic carbocycles. The Kier molecular flexibility index (Phi) is 5.07. The fraction of sp³-hybridized carbons (Fsp3) is 0.533. The minimum atomic E-state index is 0.369. The lowest BCUT2D eigenvalue weighted by atomic mass is 10.1. The Hall–Kier alpha value is -1.71. The van der Waals surface area contributed by atoms with Gasteiger partial charge in [0.1, 0.15) is 0 Å². The van der Waals surface area contributed by atoms with Gasteiger partial charge in [-0.05, 0) is 24.5 Å². The molecule has 0 spiro atoms. The summed E-state index contributed by atoms with van der Waals surface area (Å²) < 4.78 is 0. The molecule has 1 aliphatic heterocycles. The van der Waals surface area contributed by atoms with Crippen molar-refractivity contribution in [2.45, 2.75) is 38.6 Å². The van der Waals surface area contributed by atoms with Crippen molar-refractivity contribution in [3.8, 4) is 0 Å². The van der Waals surface area contributed by atoms with Gasteiger partial charge in [-0.2, -0.15) is 0 Å². The number of unbranched alkanes of at least 4 members (excludes halogenated alkanes) is 2. The van der Waals surface area contributed by atoms with Gasteiger partial charge in [0.05, 0.1) is 6.54 Å². The minimum absolute atomic E-state index is 0.369. The Labute approximate surface area is 115 Å². The molecule has 0 saturated heterocycles. The van der Waals surface area contributed by atoms with Gasteiger partial charge in [-0.25, -0.2) is 0 Å². The van der Waals surface area contributed by atoms with E-state index in [1.807, 2.05) is 0 Å². The number of para-hydroxylation sites is 1. The second kappa shape index (κ2) is 7.02. The van der Waals surface area contributed by atoms with E-state index in [1.54, 1.807) is 0 Å². The number of nitrogens with zero attached hydrogens (tertiary/aromatic N) is 1. The maximum atomic E-state index is 5.85. The predicted octanol–water partition coefficient (Wildman–Crippen LogP) is 2.12. The molecule has 1 atom stereocenters. The van der Waals surface area contributed by atoms with Gasteiger partial charge in [-0.3, -0.25) is 4.99 Å². The Balaban J connectivity index is 1.71. The molecular formula is C15H24N4. The highest BCUT2D eigenvalue weighted by Gasteiger charge is 2.19. The third kappa shape index (κ3) is 4.16. The van der Waals surface area contributed by atoms with Crippen LogP contribution in [0.1, 0.15) is 31.7 Å². The van der Waals surface area contributed by atoms with Crippen molar-refractivity contribution in [3.05, 3.63) is 29.8 Å². The molecule has 1 aliphatic rings. The van der Waals surface area contributed by atoms with Gasteiger partial charge < -0.3 is 16.4 Å². The highest BCUT2D eigenvalue weighted by molar-refractivity contribution is 5.77. The summed E-state index contributed by atoms with van der Waals surface area (Å²) in [4.78, 5) is 4.41. The standard InChI is InChI=1S/C15H24N4/c1-2-3-6-9-17-15(16)18-11-13-10-12-7-4-5-8-14(12)19-13/h4-5,7-8,13,19H,2-3,6,9-11H2,1H3,(H3,16,17,18). The predicted molar refractivity (Wildman–Crippen MR) is 81.6 cm³/mol. The first-order chi connectivity index (χ1) is 9.29. The molecular weight excluding hydrogens is 236 g/mol. The normalized spacial score (nSPS) is 17.9. The number of nitrogens with one attached hydrogen (secondary N) is 2. The van der Waals surface area contributed by atoms with E-state index < -0.39 is 0 Å². The second-order valence-electron chi connectivity index (χ2n) is 5.06. The third-order valence-corrected chi connectivity index (χ3v) is 3.41. The molecule has 1 aromatic carbocycles. The molecule has 0 amide bonds. The number of hydrogen-bond donors (Lipinski definition) is 3. The van der Waals surface area contributed by atoms with Gasteiger partial charge in [0.15, 0.2) is 5.96 Å². The summed E-state index contributed by atoms with van der Waals surface area (Å²) in [6, 6.07) is 8.79. The van der Waals surface area contributed by atoms with E-state index in [4.69, 9.17) is 5.73 Å². The van der Waals surface area contributed by atoms with Gasteiger partial charge in [-0.15, -0.1) is 0 Å². The van der Waals surface area contributed by atoms with Gasteiger partial charge in [0.2, 0.25) is 0 Å². The first-order valence-corrected chi connectivity index (χ1v) is 7.18. The van der Waals surface area contributed by atoms with Crippen molar-refractivity contribution < 1.29 is 0 Å². The molecule has 4 heteroatoms. The lowest BCUT2D eigenvalue weighted by Gasteiger charge is -2.09. The number of nitrogens with two attached hydrogens (primary N) is 1. The first-order valence-electron chi connectivity index (χ1n) is 7.18. The summed E-state index contributed by atoms with van der Waals surface area (Å²) in [5, 5.41) is 6.64. The highest BCUT2D eigenvalue weighted by Crippen LogP contribution is 2.24. The van der Waals surface area contributed by atoms with Crippen LogP contribution in [-0.2, 0) is 6.42 Å². The number of hydrogen-bond acceptors (Lipinski definition) is 2. The van der Waals surface area contributed by atoms with Crippen LogP contribution in [-0.4, -0.2) is 25.1 Å². The SMILES string of the molecule is CCCCCNC(N)=NCC1Cc2ccccc2N1. The topological polar surface area (TPSA) is 62.4 Å². The lowest BCUT2D eigenvalue weighted by molar-refractivity contribution is 0.689. The third-order valence-electron chi connectivity index (χ3n) is 3.41. The molecule has 1 aromatic rings. The number of benzene rings is 1.